The smallest absolute Gasteiger partial charge is 0.193 e. The van der Waals surface area contributed by atoms with Gasteiger partial charge in [-0.15, -0.1) is 6.58 Å². The Labute approximate surface area is 169 Å². The average molecular weight is 415 g/mol. The first-order valence-electron chi connectivity index (χ1n) is 9.67. The summed E-state index contributed by atoms with van der Waals surface area (Å²) in [5.74, 6) is 0. The van der Waals surface area contributed by atoms with Crippen molar-refractivity contribution in [1.82, 2.24) is 0 Å². The molecule has 0 aliphatic carbocycles. The van der Waals surface area contributed by atoms with Gasteiger partial charge < -0.3 is 13.6 Å². The van der Waals surface area contributed by atoms with Crippen LogP contribution >= 0.6 is 0 Å². The maximum Gasteiger partial charge on any atom is 0.193 e. The Balaban J connectivity index is 6.11. The van der Waals surface area contributed by atoms with Crippen LogP contribution in [0.3, 0.4) is 0 Å². The molecule has 0 bridgehead atoms. The predicted octanol–water partition coefficient (Wildman–Crippen LogP) is 5.72. The summed E-state index contributed by atoms with van der Waals surface area (Å²) in [5.41, 5.74) is 0. The standard InChI is InChI=1S/C21H42O4Si2/c1-13-17(23-8)19(25-27(11,12)21(5,6)7)18(15-14-16-22)24-26(9,10)20(2,3)4/h13-19H,1H2,2-12H3/b15-14+/t17-,18-,19+/m0/s1. The maximum absolute atomic E-state index is 11.0. The van der Waals surface area contributed by atoms with Crippen molar-refractivity contribution >= 4 is 22.9 Å². The molecular formula is C21H42O4Si2. The molecule has 0 aromatic heterocycles. The van der Waals surface area contributed by atoms with E-state index in [1.54, 1.807) is 19.3 Å². The molecule has 0 rings (SSSR count). The van der Waals surface area contributed by atoms with Crippen molar-refractivity contribution in [1.29, 1.82) is 0 Å². The molecule has 0 unspecified atom stereocenters. The van der Waals surface area contributed by atoms with Gasteiger partial charge in [-0.1, -0.05) is 53.7 Å². The van der Waals surface area contributed by atoms with E-state index in [1.807, 2.05) is 0 Å². The maximum atomic E-state index is 11.0. The van der Waals surface area contributed by atoms with Crippen LogP contribution in [0, 0.1) is 0 Å². The van der Waals surface area contributed by atoms with Crippen LogP contribution in [-0.4, -0.2) is 48.3 Å². The van der Waals surface area contributed by atoms with E-state index >= 15 is 0 Å². The molecule has 0 heterocycles. The van der Waals surface area contributed by atoms with Gasteiger partial charge in [0.25, 0.3) is 0 Å². The molecular weight excluding hydrogens is 372 g/mol. The first kappa shape index (κ1) is 26.5. The number of hydrogen-bond donors (Lipinski definition) is 0. The van der Waals surface area contributed by atoms with Crippen LogP contribution in [0.2, 0.25) is 36.3 Å². The summed E-state index contributed by atoms with van der Waals surface area (Å²) in [4.78, 5) is 11.0. The Morgan fingerprint density at radius 2 is 1.30 bits per heavy atom. The molecule has 158 valence electrons. The molecule has 0 saturated carbocycles. The minimum atomic E-state index is -2.10. The lowest BCUT2D eigenvalue weighted by molar-refractivity contribution is -0.104. The largest absolute Gasteiger partial charge is 0.408 e. The van der Waals surface area contributed by atoms with E-state index in [4.69, 9.17) is 13.6 Å². The van der Waals surface area contributed by atoms with E-state index < -0.39 is 16.6 Å². The number of allylic oxidation sites excluding steroid dienone is 1. The fourth-order valence-corrected chi connectivity index (χ4v) is 4.64. The highest BCUT2D eigenvalue weighted by molar-refractivity contribution is 6.74. The quantitative estimate of drug-likeness (QED) is 0.198. The van der Waals surface area contributed by atoms with E-state index in [0.717, 1.165) is 6.29 Å². The molecule has 0 spiro atoms. The molecule has 27 heavy (non-hydrogen) atoms. The van der Waals surface area contributed by atoms with E-state index in [-0.39, 0.29) is 28.4 Å². The van der Waals surface area contributed by atoms with Gasteiger partial charge in [-0.25, -0.2) is 0 Å². The second-order valence-electron chi connectivity index (χ2n) is 10.1. The zero-order valence-corrected chi connectivity index (χ0v) is 21.4. The molecule has 0 fully saturated rings. The van der Waals surface area contributed by atoms with Gasteiger partial charge in [0.15, 0.2) is 16.6 Å². The van der Waals surface area contributed by atoms with Crippen LogP contribution in [-0.2, 0) is 18.4 Å². The Hall–Kier alpha value is -0.536. The Morgan fingerprint density at radius 1 is 0.852 bits per heavy atom. The third-order valence-electron chi connectivity index (χ3n) is 6.01. The van der Waals surface area contributed by atoms with Crippen LogP contribution in [0.1, 0.15) is 41.5 Å². The van der Waals surface area contributed by atoms with Gasteiger partial charge in [-0.3, -0.25) is 4.79 Å². The monoisotopic (exact) mass is 414 g/mol. The van der Waals surface area contributed by atoms with Gasteiger partial charge in [0, 0.05) is 7.11 Å². The van der Waals surface area contributed by atoms with Crippen molar-refractivity contribution in [3.63, 3.8) is 0 Å². The molecule has 0 aliphatic heterocycles. The number of rotatable bonds is 10. The first-order chi connectivity index (χ1) is 12.0. The third kappa shape index (κ3) is 7.42. The molecule has 0 amide bonds. The highest BCUT2D eigenvalue weighted by Gasteiger charge is 2.45. The summed E-state index contributed by atoms with van der Waals surface area (Å²) in [5, 5.41) is 0.0825. The van der Waals surface area contributed by atoms with Gasteiger partial charge in [0.2, 0.25) is 0 Å². The summed E-state index contributed by atoms with van der Waals surface area (Å²) >= 11 is 0. The summed E-state index contributed by atoms with van der Waals surface area (Å²) in [6.45, 7) is 26.0. The van der Waals surface area contributed by atoms with Crippen molar-refractivity contribution in [2.24, 2.45) is 0 Å². The molecule has 6 heteroatoms. The van der Waals surface area contributed by atoms with Gasteiger partial charge >= 0.3 is 0 Å². The summed E-state index contributed by atoms with van der Waals surface area (Å²) in [7, 11) is -2.54. The molecule has 0 aromatic carbocycles. The fraction of sp³-hybridized carbons (Fsp3) is 0.762. The molecule has 4 nitrogen and oxygen atoms in total. The summed E-state index contributed by atoms with van der Waals surface area (Å²) in [6, 6.07) is 0. The van der Waals surface area contributed by atoms with Crippen molar-refractivity contribution in [3.05, 3.63) is 24.8 Å². The molecule has 0 radical (unpaired) electrons. The number of hydrogen-bond acceptors (Lipinski definition) is 4. The third-order valence-corrected chi connectivity index (χ3v) is 15.0. The van der Waals surface area contributed by atoms with Gasteiger partial charge in [-0.2, -0.15) is 0 Å². The lowest BCUT2D eigenvalue weighted by Gasteiger charge is -2.45. The predicted molar refractivity (Wildman–Crippen MR) is 120 cm³/mol. The minimum Gasteiger partial charge on any atom is -0.408 e. The van der Waals surface area contributed by atoms with Crippen LogP contribution in [0.5, 0.6) is 0 Å². The van der Waals surface area contributed by atoms with Crippen molar-refractivity contribution in [2.45, 2.75) is 96.1 Å². The fourth-order valence-electron chi connectivity index (χ4n) is 2.09. The Kier molecular flexibility index (Phi) is 9.59. The SMILES string of the molecule is C=C[C@H](OC)[C@@H](O[Si](C)(C)C(C)(C)C)[C@H](/C=C/C=O)O[Si](C)(C)C(C)(C)C. The van der Waals surface area contributed by atoms with E-state index in [0.29, 0.717) is 0 Å². The molecule has 0 N–H and O–H groups in total. The van der Waals surface area contributed by atoms with Crippen LogP contribution in [0.15, 0.2) is 24.8 Å². The minimum absolute atomic E-state index is 0.0402. The van der Waals surface area contributed by atoms with Crippen LogP contribution in [0.4, 0.5) is 0 Å². The highest BCUT2D eigenvalue weighted by atomic mass is 28.4. The van der Waals surface area contributed by atoms with E-state index in [2.05, 4.69) is 74.3 Å². The molecule has 0 aliphatic rings. The average Bonchev–Trinajstić information content (AvgIpc) is 2.49. The number of carbonyl (C=O) groups is 1. The summed E-state index contributed by atoms with van der Waals surface area (Å²) in [6.07, 6.45) is 4.77. The summed E-state index contributed by atoms with van der Waals surface area (Å²) < 4.78 is 19.1. The Morgan fingerprint density at radius 3 is 1.63 bits per heavy atom. The van der Waals surface area contributed by atoms with Crippen LogP contribution in [0.25, 0.3) is 0 Å². The van der Waals surface area contributed by atoms with E-state index in [9.17, 15) is 4.79 Å². The van der Waals surface area contributed by atoms with Gasteiger partial charge in [0.05, 0.1) is 6.10 Å². The topological polar surface area (TPSA) is 44.8 Å². The second kappa shape index (κ2) is 9.79. The lowest BCUT2D eigenvalue weighted by Crippen LogP contribution is -2.54. The number of carbonyl (C=O) groups excluding carboxylic acids is 1. The molecule has 0 aromatic rings. The van der Waals surface area contributed by atoms with Crippen LogP contribution < -0.4 is 0 Å². The van der Waals surface area contributed by atoms with Crippen molar-refractivity contribution < 1.29 is 18.4 Å². The molecule has 3 atom stereocenters. The normalized spacial score (nSPS) is 17.6. The zero-order chi connectivity index (χ0) is 21.7. The first-order valence-corrected chi connectivity index (χ1v) is 15.5. The number of ether oxygens (including phenoxy) is 1. The highest BCUT2D eigenvalue weighted by Crippen LogP contribution is 2.41. The zero-order valence-electron chi connectivity index (χ0n) is 19.4. The second-order valence-corrected chi connectivity index (χ2v) is 19.7. The lowest BCUT2D eigenvalue weighted by atomic mass is 10.1. The van der Waals surface area contributed by atoms with Crippen molar-refractivity contribution in [2.75, 3.05) is 7.11 Å². The molecule has 0 saturated heterocycles. The van der Waals surface area contributed by atoms with Crippen molar-refractivity contribution in [3.8, 4) is 0 Å². The number of aldehydes is 1. The number of methoxy groups -OCH3 is 1. The van der Waals surface area contributed by atoms with Gasteiger partial charge in [0.1, 0.15) is 18.5 Å². The Bertz CT molecular complexity index is 513. The van der Waals surface area contributed by atoms with Gasteiger partial charge in [-0.05, 0) is 42.3 Å². The van der Waals surface area contributed by atoms with E-state index in [1.165, 1.54) is 6.08 Å².